The average molecular weight is 289 g/mol. The lowest BCUT2D eigenvalue weighted by Crippen LogP contribution is -2.29. The highest BCUT2D eigenvalue weighted by molar-refractivity contribution is 5.96. The van der Waals surface area contributed by atoms with Gasteiger partial charge in [-0.1, -0.05) is 17.9 Å². The number of nitrogens with zero attached hydrogens (tertiary/aromatic N) is 1. The molecule has 0 saturated heterocycles. The zero-order valence-corrected chi connectivity index (χ0v) is 12.5. The van der Waals surface area contributed by atoms with Gasteiger partial charge in [0.1, 0.15) is 6.61 Å². The normalized spacial score (nSPS) is 9.52. The molecule has 0 aliphatic heterocycles. The number of carbonyl (C=O) groups is 2. The first-order chi connectivity index (χ1) is 9.99. The zero-order chi connectivity index (χ0) is 15.8. The molecule has 0 spiro atoms. The van der Waals surface area contributed by atoms with Gasteiger partial charge in [0.05, 0.1) is 13.5 Å². The molecule has 0 fully saturated rings. The lowest BCUT2D eigenvalue weighted by Gasteiger charge is -2.18. The van der Waals surface area contributed by atoms with Crippen molar-refractivity contribution in [1.82, 2.24) is 4.90 Å². The van der Waals surface area contributed by atoms with Crippen LogP contribution in [0.25, 0.3) is 0 Å². The second kappa shape index (κ2) is 8.08. The van der Waals surface area contributed by atoms with Gasteiger partial charge < -0.3 is 14.7 Å². The van der Waals surface area contributed by atoms with Gasteiger partial charge in [0.25, 0.3) is 5.91 Å². The van der Waals surface area contributed by atoms with Gasteiger partial charge in [-0.05, 0) is 24.6 Å². The Morgan fingerprint density at radius 1 is 1.38 bits per heavy atom. The van der Waals surface area contributed by atoms with E-state index in [0.717, 1.165) is 5.56 Å². The van der Waals surface area contributed by atoms with E-state index in [2.05, 4.69) is 16.6 Å². The summed E-state index contributed by atoms with van der Waals surface area (Å²) in [6, 6.07) is 5.29. The number of amides is 1. The summed E-state index contributed by atoms with van der Waals surface area (Å²) in [5, 5.41) is 8.70. The largest absolute Gasteiger partial charge is 0.469 e. The molecule has 0 heterocycles. The van der Waals surface area contributed by atoms with Gasteiger partial charge in [-0.3, -0.25) is 9.59 Å². The van der Waals surface area contributed by atoms with Crippen LogP contribution < -0.4 is 0 Å². The maximum absolute atomic E-state index is 12.4. The number of ether oxygens (including phenoxy) is 1. The summed E-state index contributed by atoms with van der Waals surface area (Å²) in [5.74, 6) is 4.79. The lowest BCUT2D eigenvalue weighted by molar-refractivity contribution is -0.140. The predicted octanol–water partition coefficient (Wildman–Crippen LogP) is 0.974. The van der Waals surface area contributed by atoms with Crippen LogP contribution in [0.5, 0.6) is 0 Å². The summed E-state index contributed by atoms with van der Waals surface area (Å²) in [6.45, 7) is 1.90. The summed E-state index contributed by atoms with van der Waals surface area (Å²) in [7, 11) is 2.95. The van der Waals surface area contributed by atoms with Crippen molar-refractivity contribution in [2.75, 3.05) is 27.3 Å². The quantitative estimate of drug-likeness (QED) is 0.662. The van der Waals surface area contributed by atoms with Crippen LogP contribution in [0, 0.1) is 18.8 Å². The predicted molar refractivity (Wildman–Crippen MR) is 78.7 cm³/mol. The molecule has 0 saturated carbocycles. The molecule has 1 aromatic carbocycles. The van der Waals surface area contributed by atoms with Gasteiger partial charge >= 0.3 is 5.97 Å². The van der Waals surface area contributed by atoms with E-state index in [0.29, 0.717) is 11.1 Å². The lowest BCUT2D eigenvalue weighted by atomic mass is 10.0. The third kappa shape index (κ3) is 4.93. The van der Waals surface area contributed by atoms with Crippen LogP contribution in [0.2, 0.25) is 0 Å². The van der Waals surface area contributed by atoms with Crippen LogP contribution in [0.15, 0.2) is 18.2 Å². The van der Waals surface area contributed by atoms with Crippen LogP contribution in [-0.2, 0) is 9.53 Å². The number of methoxy groups -OCH3 is 1. The molecule has 5 nitrogen and oxygen atoms in total. The van der Waals surface area contributed by atoms with E-state index < -0.39 is 0 Å². The average Bonchev–Trinajstić information content (AvgIpc) is 2.50. The molecule has 0 aliphatic rings. The molecule has 0 atom stereocenters. The first kappa shape index (κ1) is 16.7. The maximum atomic E-state index is 12.4. The van der Waals surface area contributed by atoms with Crippen molar-refractivity contribution in [3.63, 3.8) is 0 Å². The summed E-state index contributed by atoms with van der Waals surface area (Å²) in [4.78, 5) is 25.0. The number of hydrogen-bond donors (Lipinski definition) is 1. The number of esters is 1. The van der Waals surface area contributed by atoms with E-state index in [4.69, 9.17) is 5.11 Å². The van der Waals surface area contributed by atoms with E-state index in [1.54, 1.807) is 19.2 Å². The number of aliphatic hydroxyl groups excluding tert-OH is 1. The molecule has 1 rings (SSSR count). The fourth-order valence-corrected chi connectivity index (χ4v) is 1.74. The van der Waals surface area contributed by atoms with Gasteiger partial charge in [0.15, 0.2) is 0 Å². The Morgan fingerprint density at radius 3 is 2.71 bits per heavy atom. The van der Waals surface area contributed by atoms with Crippen LogP contribution in [0.1, 0.15) is 27.9 Å². The molecular weight excluding hydrogens is 270 g/mol. The topological polar surface area (TPSA) is 66.8 Å². The smallest absolute Gasteiger partial charge is 0.307 e. The number of hydrogen-bond acceptors (Lipinski definition) is 4. The highest BCUT2D eigenvalue weighted by Crippen LogP contribution is 2.13. The van der Waals surface area contributed by atoms with Crippen molar-refractivity contribution in [3.8, 4) is 11.8 Å². The second-order valence-electron chi connectivity index (χ2n) is 4.54. The molecule has 5 heteroatoms. The maximum Gasteiger partial charge on any atom is 0.307 e. The van der Waals surface area contributed by atoms with E-state index in [9.17, 15) is 9.59 Å². The molecule has 1 aromatic rings. The fraction of sp³-hybridized carbons (Fsp3) is 0.375. The monoisotopic (exact) mass is 289 g/mol. The molecule has 0 aromatic heterocycles. The summed E-state index contributed by atoms with van der Waals surface area (Å²) in [5.41, 5.74) is 2.03. The summed E-state index contributed by atoms with van der Waals surface area (Å²) >= 11 is 0. The van der Waals surface area contributed by atoms with Gasteiger partial charge in [0.2, 0.25) is 0 Å². The minimum absolute atomic E-state index is 0.155. The fourth-order valence-electron chi connectivity index (χ4n) is 1.74. The van der Waals surface area contributed by atoms with Crippen molar-refractivity contribution in [3.05, 3.63) is 34.9 Å². The van der Waals surface area contributed by atoms with Crippen LogP contribution >= 0.6 is 0 Å². The summed E-state index contributed by atoms with van der Waals surface area (Å²) in [6.07, 6.45) is 0.155. The molecule has 0 aliphatic carbocycles. The standard InChI is InChI=1S/C16H19NO4/c1-12-6-7-13(5-4-10-18)11-14(12)16(20)17(2)9-8-15(19)21-3/h6-7,11,18H,8-10H2,1-3H3. The third-order valence-corrected chi connectivity index (χ3v) is 3.01. The van der Waals surface area contributed by atoms with Crippen molar-refractivity contribution in [2.24, 2.45) is 0 Å². The van der Waals surface area contributed by atoms with Gasteiger partial charge in [-0.25, -0.2) is 0 Å². The van der Waals surface area contributed by atoms with Gasteiger partial charge in [-0.15, -0.1) is 0 Å². The number of carbonyl (C=O) groups excluding carboxylic acids is 2. The minimum atomic E-state index is -0.353. The number of benzene rings is 1. The Kier molecular flexibility index (Phi) is 6.44. The molecule has 0 bridgehead atoms. The third-order valence-electron chi connectivity index (χ3n) is 3.01. The van der Waals surface area contributed by atoms with Crippen LogP contribution in [0.4, 0.5) is 0 Å². The van der Waals surface area contributed by atoms with Crippen molar-refractivity contribution >= 4 is 11.9 Å². The summed E-state index contributed by atoms with van der Waals surface area (Å²) < 4.78 is 4.55. The van der Waals surface area contributed by atoms with Gasteiger partial charge in [-0.2, -0.15) is 0 Å². The van der Waals surface area contributed by atoms with E-state index in [1.165, 1.54) is 12.0 Å². The Morgan fingerprint density at radius 2 is 2.10 bits per heavy atom. The zero-order valence-electron chi connectivity index (χ0n) is 12.5. The molecular formula is C16H19NO4. The van der Waals surface area contributed by atoms with Crippen molar-refractivity contribution in [1.29, 1.82) is 0 Å². The second-order valence-corrected chi connectivity index (χ2v) is 4.54. The Balaban J connectivity index is 2.87. The van der Waals surface area contributed by atoms with Gasteiger partial charge in [0, 0.05) is 24.7 Å². The van der Waals surface area contributed by atoms with Crippen molar-refractivity contribution in [2.45, 2.75) is 13.3 Å². The SMILES string of the molecule is COC(=O)CCN(C)C(=O)c1cc(C#CCO)ccc1C. The highest BCUT2D eigenvalue weighted by Gasteiger charge is 2.15. The van der Waals surface area contributed by atoms with Crippen LogP contribution in [0.3, 0.4) is 0 Å². The minimum Gasteiger partial charge on any atom is -0.469 e. The number of aryl methyl sites for hydroxylation is 1. The van der Waals surface area contributed by atoms with E-state index >= 15 is 0 Å². The number of aliphatic hydroxyl groups is 1. The molecule has 1 N–H and O–H groups in total. The Labute approximate surface area is 124 Å². The Bertz CT molecular complexity index is 584. The molecule has 1 amide bonds. The van der Waals surface area contributed by atoms with Crippen LogP contribution in [-0.4, -0.2) is 49.2 Å². The Hall–Kier alpha value is -2.32. The molecule has 0 unspecified atom stereocenters. The number of rotatable bonds is 4. The van der Waals surface area contributed by atoms with E-state index in [-0.39, 0.29) is 31.4 Å². The first-order valence-electron chi connectivity index (χ1n) is 6.52. The van der Waals surface area contributed by atoms with Crippen molar-refractivity contribution < 1.29 is 19.4 Å². The highest BCUT2D eigenvalue weighted by atomic mass is 16.5. The molecule has 0 radical (unpaired) electrons. The first-order valence-corrected chi connectivity index (χ1v) is 6.52. The van der Waals surface area contributed by atoms with E-state index in [1.807, 2.05) is 13.0 Å². The molecule has 112 valence electrons. The molecule has 21 heavy (non-hydrogen) atoms.